The van der Waals surface area contributed by atoms with Crippen molar-refractivity contribution < 1.29 is 28.2 Å². The minimum absolute atomic E-state index is 0.0707. The molecule has 7 nitrogen and oxygen atoms in total. The van der Waals surface area contributed by atoms with Gasteiger partial charge in [0.25, 0.3) is 11.7 Å². The highest BCUT2D eigenvalue weighted by Crippen LogP contribution is 2.43. The monoisotopic (exact) mass is 432 g/mol. The van der Waals surface area contributed by atoms with Crippen LogP contribution >= 0.6 is 0 Å². The number of ether oxygens (including phenoxy) is 1. The number of hydrogen-bond donors (Lipinski definition) is 1. The van der Waals surface area contributed by atoms with E-state index in [0.717, 1.165) is 12.1 Å². The molecule has 0 aliphatic carbocycles. The molecule has 160 valence electrons. The molecule has 1 fully saturated rings. The lowest BCUT2D eigenvalue weighted by Crippen LogP contribution is -2.29. The maximum atomic E-state index is 13.9. The van der Waals surface area contributed by atoms with Crippen molar-refractivity contribution in [1.29, 1.82) is 5.26 Å². The summed E-state index contributed by atoms with van der Waals surface area (Å²) in [6.45, 7) is 1.70. The highest BCUT2D eigenvalue weighted by atomic mass is 19.1. The molecule has 1 aromatic heterocycles. The summed E-state index contributed by atoms with van der Waals surface area (Å²) in [4.78, 5) is 27.3. The molecule has 0 saturated carbocycles. The van der Waals surface area contributed by atoms with Gasteiger partial charge in [0.2, 0.25) is 0 Å². The van der Waals surface area contributed by atoms with E-state index in [4.69, 9.17) is 14.4 Å². The largest absolute Gasteiger partial charge is 0.507 e. The fourth-order valence-corrected chi connectivity index (χ4v) is 3.68. The number of aliphatic hydroxyl groups excluding tert-OH is 1. The number of carbonyl (C=O) groups excluding carboxylic acids is 2. The molecule has 1 N–H and O–H groups in total. The van der Waals surface area contributed by atoms with E-state index in [1.54, 1.807) is 19.1 Å². The average molecular weight is 432 g/mol. The zero-order chi connectivity index (χ0) is 23.0. The Kier molecular flexibility index (Phi) is 5.24. The predicted octanol–water partition coefficient (Wildman–Crippen LogP) is 4.23. The summed E-state index contributed by atoms with van der Waals surface area (Å²) in [5, 5.41) is 20.1. The van der Waals surface area contributed by atoms with Crippen LogP contribution in [0.5, 0.6) is 5.75 Å². The molecule has 2 aromatic carbocycles. The van der Waals surface area contributed by atoms with Crippen LogP contribution in [0.3, 0.4) is 0 Å². The third-order valence-electron chi connectivity index (χ3n) is 5.17. The van der Waals surface area contributed by atoms with Crippen molar-refractivity contribution in [2.24, 2.45) is 0 Å². The molecule has 1 unspecified atom stereocenters. The first-order valence-corrected chi connectivity index (χ1v) is 9.57. The number of hydrogen-bond acceptors (Lipinski definition) is 6. The Balaban J connectivity index is 1.96. The number of nitriles is 1. The molecule has 0 radical (unpaired) electrons. The number of aliphatic hydroxyl groups is 1. The first-order chi connectivity index (χ1) is 15.3. The van der Waals surface area contributed by atoms with Crippen molar-refractivity contribution in [3.05, 3.63) is 88.6 Å². The zero-order valence-corrected chi connectivity index (χ0v) is 17.1. The van der Waals surface area contributed by atoms with Crippen LogP contribution in [0.15, 0.2) is 64.6 Å². The number of furan rings is 1. The van der Waals surface area contributed by atoms with Crippen molar-refractivity contribution in [3.8, 4) is 11.8 Å². The summed E-state index contributed by atoms with van der Waals surface area (Å²) in [5.74, 6) is -2.20. The van der Waals surface area contributed by atoms with Crippen LogP contribution in [0.2, 0.25) is 0 Å². The molecule has 8 heteroatoms. The first-order valence-electron chi connectivity index (χ1n) is 9.57. The van der Waals surface area contributed by atoms with E-state index in [1.165, 1.54) is 42.3 Å². The zero-order valence-electron chi connectivity index (χ0n) is 17.1. The summed E-state index contributed by atoms with van der Waals surface area (Å²) in [6.07, 6.45) is 0. The fourth-order valence-electron chi connectivity index (χ4n) is 3.68. The Hall–Kier alpha value is -4.38. The van der Waals surface area contributed by atoms with E-state index < -0.39 is 29.3 Å². The van der Waals surface area contributed by atoms with Crippen LogP contribution in [-0.4, -0.2) is 23.9 Å². The lowest BCUT2D eigenvalue weighted by molar-refractivity contribution is -0.132. The highest BCUT2D eigenvalue weighted by molar-refractivity contribution is 6.51. The van der Waals surface area contributed by atoms with Gasteiger partial charge in [0, 0.05) is 5.69 Å². The topological polar surface area (TPSA) is 104 Å². The normalized spacial score (nSPS) is 17.4. The van der Waals surface area contributed by atoms with Gasteiger partial charge >= 0.3 is 0 Å². The Morgan fingerprint density at radius 1 is 1.16 bits per heavy atom. The Labute approximate surface area is 182 Å². The maximum Gasteiger partial charge on any atom is 0.300 e. The van der Waals surface area contributed by atoms with Crippen LogP contribution in [0, 0.1) is 24.1 Å². The van der Waals surface area contributed by atoms with Gasteiger partial charge in [-0.25, -0.2) is 4.39 Å². The van der Waals surface area contributed by atoms with Gasteiger partial charge in [-0.15, -0.1) is 0 Å². The molecule has 1 saturated heterocycles. The van der Waals surface area contributed by atoms with E-state index in [-0.39, 0.29) is 22.6 Å². The standard InChI is InChI=1S/C24H17FN2O5/c1-13-3-9-19(32-13)21-20(22(28)17-11-15(25)6-10-18(17)31-2)23(29)24(30)27(21)16-7-4-14(12-26)5-8-16/h3-11,21,28H,1-2H3/b22-20+. The van der Waals surface area contributed by atoms with Crippen LogP contribution in [0.25, 0.3) is 5.76 Å². The van der Waals surface area contributed by atoms with Crippen LogP contribution in [0.1, 0.15) is 28.7 Å². The van der Waals surface area contributed by atoms with Crippen LogP contribution < -0.4 is 9.64 Å². The van der Waals surface area contributed by atoms with E-state index >= 15 is 0 Å². The molecule has 1 aliphatic rings. The summed E-state index contributed by atoms with van der Waals surface area (Å²) in [5.41, 5.74) is 0.367. The predicted molar refractivity (Wildman–Crippen MR) is 112 cm³/mol. The number of ketones is 1. The lowest BCUT2D eigenvalue weighted by Gasteiger charge is -2.23. The highest BCUT2D eigenvalue weighted by Gasteiger charge is 2.48. The number of methoxy groups -OCH3 is 1. The van der Waals surface area contributed by atoms with E-state index in [2.05, 4.69) is 0 Å². The molecule has 1 amide bonds. The SMILES string of the molecule is COc1ccc(F)cc1/C(O)=C1\C(=O)C(=O)N(c2ccc(C#N)cc2)C1c1ccc(C)o1. The molecule has 32 heavy (non-hydrogen) atoms. The van der Waals surface area contributed by atoms with Crippen LogP contribution in [0.4, 0.5) is 10.1 Å². The summed E-state index contributed by atoms with van der Waals surface area (Å²) >= 11 is 0. The molecular formula is C24H17FN2O5. The van der Waals surface area contributed by atoms with Gasteiger partial charge in [-0.05, 0) is 61.5 Å². The Morgan fingerprint density at radius 2 is 1.88 bits per heavy atom. The second-order valence-corrected chi connectivity index (χ2v) is 7.12. The smallest absolute Gasteiger partial charge is 0.300 e. The van der Waals surface area contributed by atoms with Crippen molar-refractivity contribution in [1.82, 2.24) is 0 Å². The molecule has 0 spiro atoms. The number of amides is 1. The van der Waals surface area contributed by atoms with Crippen molar-refractivity contribution in [2.75, 3.05) is 12.0 Å². The molecule has 1 atom stereocenters. The number of Topliss-reactive ketones (excluding diaryl/α,β-unsaturated/α-hetero) is 1. The Bertz CT molecular complexity index is 1300. The third kappa shape index (κ3) is 3.40. The quantitative estimate of drug-likeness (QED) is 0.376. The van der Waals surface area contributed by atoms with Crippen molar-refractivity contribution in [3.63, 3.8) is 0 Å². The first kappa shape index (κ1) is 20.9. The van der Waals surface area contributed by atoms with Gasteiger partial charge in [-0.1, -0.05) is 0 Å². The Morgan fingerprint density at radius 3 is 2.47 bits per heavy atom. The van der Waals surface area contributed by atoms with Gasteiger partial charge in [0.1, 0.15) is 34.9 Å². The second kappa shape index (κ2) is 8.04. The minimum Gasteiger partial charge on any atom is -0.507 e. The molecular weight excluding hydrogens is 415 g/mol. The molecule has 3 aromatic rings. The third-order valence-corrected chi connectivity index (χ3v) is 5.17. The van der Waals surface area contributed by atoms with E-state index in [0.29, 0.717) is 17.0 Å². The van der Waals surface area contributed by atoms with Crippen LogP contribution in [-0.2, 0) is 9.59 Å². The molecule has 4 rings (SSSR count). The molecule has 2 heterocycles. The summed E-state index contributed by atoms with van der Waals surface area (Å²) < 4.78 is 24.9. The molecule has 0 bridgehead atoms. The van der Waals surface area contributed by atoms with Gasteiger partial charge in [-0.3, -0.25) is 14.5 Å². The molecule has 1 aliphatic heterocycles. The lowest BCUT2D eigenvalue weighted by atomic mass is 9.98. The van der Waals surface area contributed by atoms with Crippen molar-refractivity contribution in [2.45, 2.75) is 13.0 Å². The average Bonchev–Trinajstić information content (AvgIpc) is 3.34. The van der Waals surface area contributed by atoms with Crippen molar-refractivity contribution >= 4 is 23.1 Å². The number of nitrogens with zero attached hydrogens (tertiary/aromatic N) is 2. The van der Waals surface area contributed by atoms with E-state index in [9.17, 15) is 19.1 Å². The minimum atomic E-state index is -1.11. The summed E-state index contributed by atoms with van der Waals surface area (Å²) in [6, 6.07) is 13.7. The van der Waals surface area contributed by atoms with Gasteiger partial charge < -0.3 is 14.3 Å². The number of anilines is 1. The number of benzene rings is 2. The second-order valence-electron chi connectivity index (χ2n) is 7.12. The number of carbonyl (C=O) groups is 2. The number of aryl methyl sites for hydroxylation is 1. The van der Waals surface area contributed by atoms with Gasteiger partial charge in [0.05, 0.1) is 29.9 Å². The maximum absolute atomic E-state index is 13.9. The van der Waals surface area contributed by atoms with E-state index in [1.807, 2.05) is 6.07 Å². The number of rotatable bonds is 4. The van der Waals surface area contributed by atoms with Gasteiger partial charge in [-0.2, -0.15) is 5.26 Å². The summed E-state index contributed by atoms with van der Waals surface area (Å²) in [7, 11) is 1.34. The van der Waals surface area contributed by atoms with Gasteiger partial charge in [0.15, 0.2) is 0 Å². The number of halogens is 1. The fraction of sp³-hybridized carbons (Fsp3) is 0.125.